The highest BCUT2D eigenvalue weighted by Crippen LogP contribution is 2.32. The summed E-state index contributed by atoms with van der Waals surface area (Å²) in [5.74, 6) is 0.662. The summed E-state index contributed by atoms with van der Waals surface area (Å²) in [6, 6.07) is 5.46. The molecule has 2 amide bonds. The average Bonchev–Trinajstić information content (AvgIpc) is 2.81. The Morgan fingerprint density at radius 1 is 1.26 bits per heavy atom. The van der Waals surface area contributed by atoms with Gasteiger partial charge in [-0.15, -0.1) is 0 Å². The van der Waals surface area contributed by atoms with Crippen LogP contribution in [-0.2, 0) is 9.59 Å². The summed E-state index contributed by atoms with van der Waals surface area (Å²) >= 11 is 1.13. The maximum Gasteiger partial charge on any atom is 0.286 e. The van der Waals surface area contributed by atoms with Crippen LogP contribution >= 0.6 is 11.8 Å². The van der Waals surface area contributed by atoms with E-state index in [1.54, 1.807) is 12.1 Å². The van der Waals surface area contributed by atoms with Crippen LogP contribution in [0.1, 0.15) is 26.3 Å². The molecule has 0 aromatic heterocycles. The summed E-state index contributed by atoms with van der Waals surface area (Å²) in [4.78, 5) is 27.1. The van der Waals surface area contributed by atoms with Crippen molar-refractivity contribution in [2.24, 2.45) is 4.99 Å². The van der Waals surface area contributed by atoms with Crippen molar-refractivity contribution in [1.29, 1.82) is 0 Å². The Labute approximate surface area is 139 Å². The zero-order chi connectivity index (χ0) is 16.8. The van der Waals surface area contributed by atoms with E-state index in [-0.39, 0.29) is 11.8 Å². The monoisotopic (exact) mass is 334 g/mol. The highest BCUT2D eigenvalue weighted by Gasteiger charge is 2.22. The van der Waals surface area contributed by atoms with E-state index in [1.807, 2.05) is 26.0 Å². The number of carbonyl (C=O) groups is 2. The smallest absolute Gasteiger partial charge is 0.286 e. The minimum absolute atomic E-state index is 0.259. The van der Waals surface area contributed by atoms with Gasteiger partial charge in [0.05, 0.1) is 18.1 Å². The van der Waals surface area contributed by atoms with Crippen molar-refractivity contribution in [3.8, 4) is 11.5 Å². The van der Waals surface area contributed by atoms with Crippen molar-refractivity contribution in [2.75, 3.05) is 13.2 Å². The van der Waals surface area contributed by atoms with E-state index >= 15 is 0 Å². The first-order valence-electron chi connectivity index (χ1n) is 7.23. The molecule has 122 valence electrons. The minimum Gasteiger partial charge on any atom is -0.490 e. The fraction of sp³-hybridized carbons (Fsp3) is 0.312. The Morgan fingerprint density at radius 2 is 1.96 bits per heavy atom. The van der Waals surface area contributed by atoms with Gasteiger partial charge in [-0.25, -0.2) is 0 Å². The zero-order valence-corrected chi connectivity index (χ0v) is 14.0. The quantitative estimate of drug-likeness (QED) is 0.838. The van der Waals surface area contributed by atoms with Gasteiger partial charge in [0.2, 0.25) is 5.91 Å². The van der Waals surface area contributed by atoms with Gasteiger partial charge in [0.1, 0.15) is 0 Å². The van der Waals surface area contributed by atoms with Crippen molar-refractivity contribution in [1.82, 2.24) is 5.32 Å². The van der Waals surface area contributed by atoms with E-state index < -0.39 is 0 Å². The Kier molecular flexibility index (Phi) is 5.81. The Hall–Kier alpha value is -2.28. The molecule has 0 saturated carbocycles. The number of nitrogens with zero attached hydrogens (tertiary/aromatic N) is 1. The number of hydrogen-bond donors (Lipinski definition) is 1. The number of benzene rings is 1. The summed E-state index contributed by atoms with van der Waals surface area (Å²) < 4.78 is 11.1. The third-order valence-electron chi connectivity index (χ3n) is 2.77. The molecule has 1 N–H and O–H groups in total. The number of thioether (sulfide) groups is 1. The SMILES string of the molecule is CCOc1ccc(/C=C2\SC(NC(C)=O)=NC2=O)cc1OCC. The van der Waals surface area contributed by atoms with Gasteiger partial charge in [0.15, 0.2) is 16.7 Å². The molecule has 0 spiro atoms. The van der Waals surface area contributed by atoms with Gasteiger partial charge >= 0.3 is 0 Å². The molecule has 0 aliphatic carbocycles. The number of amidine groups is 1. The van der Waals surface area contributed by atoms with E-state index in [0.29, 0.717) is 34.8 Å². The minimum atomic E-state index is -0.370. The molecule has 23 heavy (non-hydrogen) atoms. The first kappa shape index (κ1) is 17.1. The van der Waals surface area contributed by atoms with Crippen LogP contribution in [0, 0.1) is 0 Å². The summed E-state index contributed by atoms with van der Waals surface area (Å²) in [6.07, 6.45) is 1.71. The van der Waals surface area contributed by atoms with Crippen LogP contribution in [0.15, 0.2) is 28.1 Å². The molecule has 0 saturated heterocycles. The van der Waals surface area contributed by atoms with Crippen LogP contribution in [0.4, 0.5) is 0 Å². The first-order valence-corrected chi connectivity index (χ1v) is 8.05. The Bertz CT molecular complexity index is 683. The molecule has 0 bridgehead atoms. The zero-order valence-electron chi connectivity index (χ0n) is 13.2. The van der Waals surface area contributed by atoms with E-state index in [9.17, 15) is 9.59 Å². The number of amides is 2. The third-order valence-corrected chi connectivity index (χ3v) is 3.67. The predicted octanol–water partition coefficient (Wildman–Crippen LogP) is 2.59. The normalized spacial score (nSPS) is 15.5. The van der Waals surface area contributed by atoms with Crippen molar-refractivity contribution in [3.63, 3.8) is 0 Å². The molecule has 0 atom stereocenters. The van der Waals surface area contributed by atoms with Crippen LogP contribution < -0.4 is 14.8 Å². The Balaban J connectivity index is 2.21. The lowest BCUT2D eigenvalue weighted by atomic mass is 10.2. The van der Waals surface area contributed by atoms with Gasteiger partial charge < -0.3 is 14.8 Å². The van der Waals surface area contributed by atoms with Crippen LogP contribution in [-0.4, -0.2) is 30.2 Å². The number of ether oxygens (including phenoxy) is 2. The van der Waals surface area contributed by atoms with Crippen LogP contribution in [0.25, 0.3) is 6.08 Å². The summed E-state index contributed by atoms with van der Waals surface area (Å²) in [7, 11) is 0. The molecule has 6 nitrogen and oxygen atoms in total. The molecule has 1 aromatic rings. The van der Waals surface area contributed by atoms with E-state index in [4.69, 9.17) is 9.47 Å². The number of aliphatic imine (C=N–C) groups is 1. The number of rotatable bonds is 5. The summed E-state index contributed by atoms with van der Waals surface area (Å²) in [5, 5.41) is 2.81. The number of nitrogens with one attached hydrogen (secondary N) is 1. The molecule has 7 heteroatoms. The van der Waals surface area contributed by atoms with Gasteiger partial charge in [0, 0.05) is 6.92 Å². The molecule has 0 radical (unpaired) electrons. The number of carbonyl (C=O) groups excluding carboxylic acids is 2. The maximum absolute atomic E-state index is 11.9. The molecule has 1 aliphatic heterocycles. The summed E-state index contributed by atoms with van der Waals surface area (Å²) in [5.41, 5.74) is 0.798. The van der Waals surface area contributed by atoms with E-state index in [0.717, 1.165) is 17.3 Å². The molecular weight excluding hydrogens is 316 g/mol. The predicted molar refractivity (Wildman–Crippen MR) is 90.6 cm³/mol. The maximum atomic E-state index is 11.9. The van der Waals surface area contributed by atoms with Crippen LogP contribution in [0.2, 0.25) is 0 Å². The van der Waals surface area contributed by atoms with Gasteiger partial charge in [-0.3, -0.25) is 9.59 Å². The molecule has 1 aromatic carbocycles. The first-order chi connectivity index (χ1) is 11.0. The second-order valence-electron chi connectivity index (χ2n) is 4.59. The lowest BCUT2D eigenvalue weighted by molar-refractivity contribution is -0.117. The molecule has 1 aliphatic rings. The van der Waals surface area contributed by atoms with Gasteiger partial charge in [-0.2, -0.15) is 4.99 Å². The largest absolute Gasteiger partial charge is 0.490 e. The summed E-state index contributed by atoms with van der Waals surface area (Å²) in [6.45, 7) is 6.23. The van der Waals surface area contributed by atoms with Crippen LogP contribution in [0.5, 0.6) is 11.5 Å². The van der Waals surface area contributed by atoms with Crippen molar-refractivity contribution >= 4 is 34.8 Å². The lowest BCUT2D eigenvalue weighted by Crippen LogP contribution is -2.23. The third kappa shape index (κ3) is 4.59. The van der Waals surface area contributed by atoms with E-state index in [2.05, 4.69) is 10.3 Å². The highest BCUT2D eigenvalue weighted by atomic mass is 32.2. The topological polar surface area (TPSA) is 77.0 Å². The average molecular weight is 334 g/mol. The van der Waals surface area contributed by atoms with Gasteiger partial charge in [-0.05, 0) is 49.4 Å². The van der Waals surface area contributed by atoms with Crippen molar-refractivity contribution in [3.05, 3.63) is 28.7 Å². The standard InChI is InChI=1S/C16H18N2O4S/c1-4-21-12-7-6-11(8-13(12)22-5-2)9-14-15(20)18-16(23-14)17-10(3)19/h6-9H,4-5H2,1-3H3,(H,17,18,19,20)/b14-9-. The molecular formula is C16H18N2O4S. The second kappa shape index (κ2) is 7.82. The Morgan fingerprint density at radius 3 is 2.61 bits per heavy atom. The second-order valence-corrected chi connectivity index (χ2v) is 5.62. The number of hydrogen-bond acceptors (Lipinski definition) is 5. The molecule has 0 unspecified atom stereocenters. The highest BCUT2D eigenvalue weighted by molar-refractivity contribution is 8.18. The van der Waals surface area contributed by atoms with E-state index in [1.165, 1.54) is 6.92 Å². The molecule has 0 fully saturated rings. The van der Waals surface area contributed by atoms with Gasteiger partial charge in [-0.1, -0.05) is 6.07 Å². The van der Waals surface area contributed by atoms with Crippen molar-refractivity contribution in [2.45, 2.75) is 20.8 Å². The van der Waals surface area contributed by atoms with Crippen LogP contribution in [0.3, 0.4) is 0 Å². The fourth-order valence-corrected chi connectivity index (χ4v) is 2.78. The van der Waals surface area contributed by atoms with Crippen molar-refractivity contribution < 1.29 is 19.1 Å². The lowest BCUT2D eigenvalue weighted by Gasteiger charge is -2.11. The molecule has 1 heterocycles. The molecule has 2 rings (SSSR count). The fourth-order valence-electron chi connectivity index (χ4n) is 1.92. The van der Waals surface area contributed by atoms with Gasteiger partial charge in [0.25, 0.3) is 5.91 Å².